The predicted octanol–water partition coefficient (Wildman–Crippen LogP) is 3.03. The van der Waals surface area contributed by atoms with Crippen molar-refractivity contribution in [3.63, 3.8) is 0 Å². The third-order valence-corrected chi connectivity index (χ3v) is 3.15. The first-order valence-electron chi connectivity index (χ1n) is 6.61. The second-order valence-corrected chi connectivity index (χ2v) is 5.63. The van der Waals surface area contributed by atoms with Crippen LogP contribution in [0.2, 0.25) is 5.02 Å². The van der Waals surface area contributed by atoms with Gasteiger partial charge in [-0.25, -0.2) is 0 Å². The molecule has 0 amide bonds. The van der Waals surface area contributed by atoms with E-state index in [2.05, 4.69) is 5.32 Å². The molecule has 0 saturated carbocycles. The highest BCUT2D eigenvalue weighted by Gasteiger charge is 2.30. The average Bonchev–Trinajstić information content (AvgIpc) is 2.43. The fraction of sp³-hybridized carbons (Fsp3) is 0.533. The number of nitrogens with one attached hydrogen (secondary N) is 1. The Balaban J connectivity index is 2.79. The number of benzene rings is 1. The Kier molecular flexibility index (Phi) is 6.30. The Labute approximate surface area is 125 Å². The summed E-state index contributed by atoms with van der Waals surface area (Å²) in [7, 11) is 1.38. The predicted molar refractivity (Wildman–Crippen MR) is 80.1 cm³/mol. The maximum atomic E-state index is 11.6. The molecule has 0 heterocycles. The molecule has 0 aliphatic rings. The van der Waals surface area contributed by atoms with E-state index in [-0.39, 0.29) is 12.6 Å². The molecule has 0 fully saturated rings. The molecule has 1 rings (SSSR count). The Morgan fingerprint density at radius 1 is 1.40 bits per heavy atom. The molecular formula is C15H22ClNO3. The quantitative estimate of drug-likeness (QED) is 0.786. The molecule has 0 unspecified atom stereocenters. The summed E-state index contributed by atoms with van der Waals surface area (Å²) in [6, 6.07) is 5.46. The lowest BCUT2D eigenvalue weighted by Gasteiger charge is -2.22. The summed E-state index contributed by atoms with van der Waals surface area (Å²) in [4.78, 5) is 11.6. The van der Waals surface area contributed by atoms with Gasteiger partial charge in [-0.15, -0.1) is 0 Å². The van der Waals surface area contributed by atoms with Gasteiger partial charge >= 0.3 is 5.97 Å². The molecule has 1 aromatic rings. The van der Waals surface area contributed by atoms with Gasteiger partial charge in [-0.05, 0) is 38.6 Å². The number of esters is 1. The topological polar surface area (TPSA) is 47.6 Å². The van der Waals surface area contributed by atoms with E-state index in [1.54, 1.807) is 19.9 Å². The SMILES string of the molecule is CCNCc1cc(Cl)ccc1OCC(C)(C)C(=O)OC. The van der Waals surface area contributed by atoms with E-state index < -0.39 is 5.41 Å². The number of hydrogen-bond acceptors (Lipinski definition) is 4. The third-order valence-electron chi connectivity index (χ3n) is 2.91. The number of hydrogen-bond donors (Lipinski definition) is 1. The minimum atomic E-state index is -0.691. The number of rotatable bonds is 7. The summed E-state index contributed by atoms with van der Waals surface area (Å²) in [5, 5.41) is 3.90. The van der Waals surface area contributed by atoms with E-state index >= 15 is 0 Å². The number of carbonyl (C=O) groups is 1. The van der Waals surface area contributed by atoms with Gasteiger partial charge in [0.1, 0.15) is 12.4 Å². The summed E-state index contributed by atoms with van der Waals surface area (Å²) >= 11 is 6.00. The van der Waals surface area contributed by atoms with Crippen molar-refractivity contribution in [2.75, 3.05) is 20.3 Å². The fourth-order valence-electron chi connectivity index (χ4n) is 1.68. The van der Waals surface area contributed by atoms with Crippen molar-refractivity contribution in [3.8, 4) is 5.75 Å². The first kappa shape index (κ1) is 16.8. The van der Waals surface area contributed by atoms with Gasteiger partial charge in [0.2, 0.25) is 0 Å². The van der Waals surface area contributed by atoms with Gasteiger partial charge in [0.15, 0.2) is 0 Å². The van der Waals surface area contributed by atoms with E-state index in [0.29, 0.717) is 11.6 Å². The van der Waals surface area contributed by atoms with Crippen LogP contribution in [0.15, 0.2) is 18.2 Å². The highest BCUT2D eigenvalue weighted by molar-refractivity contribution is 6.30. The van der Waals surface area contributed by atoms with Crippen molar-refractivity contribution in [3.05, 3.63) is 28.8 Å². The Morgan fingerprint density at radius 3 is 2.70 bits per heavy atom. The molecule has 0 bridgehead atoms. The zero-order valence-electron chi connectivity index (χ0n) is 12.5. The molecule has 0 aliphatic carbocycles. The Hall–Kier alpha value is -1.26. The van der Waals surface area contributed by atoms with Crippen LogP contribution in [-0.2, 0) is 16.1 Å². The highest BCUT2D eigenvalue weighted by Crippen LogP contribution is 2.26. The van der Waals surface area contributed by atoms with Crippen LogP contribution in [0.25, 0.3) is 0 Å². The second-order valence-electron chi connectivity index (χ2n) is 5.20. The van der Waals surface area contributed by atoms with Crippen LogP contribution in [0.3, 0.4) is 0 Å². The largest absolute Gasteiger partial charge is 0.492 e. The molecule has 20 heavy (non-hydrogen) atoms. The normalized spacial score (nSPS) is 11.2. The number of methoxy groups -OCH3 is 1. The first-order chi connectivity index (χ1) is 9.40. The smallest absolute Gasteiger partial charge is 0.314 e. The van der Waals surface area contributed by atoms with Crippen LogP contribution < -0.4 is 10.1 Å². The lowest BCUT2D eigenvalue weighted by atomic mass is 9.95. The minimum Gasteiger partial charge on any atom is -0.492 e. The van der Waals surface area contributed by atoms with Crippen molar-refractivity contribution < 1.29 is 14.3 Å². The van der Waals surface area contributed by atoms with Crippen molar-refractivity contribution in [2.45, 2.75) is 27.3 Å². The van der Waals surface area contributed by atoms with Crippen molar-refractivity contribution in [1.82, 2.24) is 5.32 Å². The van der Waals surface area contributed by atoms with Gasteiger partial charge in [-0.1, -0.05) is 18.5 Å². The van der Waals surface area contributed by atoms with Gasteiger partial charge in [0.05, 0.1) is 12.5 Å². The van der Waals surface area contributed by atoms with Crippen LogP contribution in [0, 0.1) is 5.41 Å². The Bertz CT molecular complexity index is 460. The van der Waals surface area contributed by atoms with Crippen molar-refractivity contribution in [1.29, 1.82) is 0 Å². The highest BCUT2D eigenvalue weighted by atomic mass is 35.5. The molecule has 0 radical (unpaired) electrons. The molecular weight excluding hydrogens is 278 g/mol. The number of halogens is 1. The zero-order valence-corrected chi connectivity index (χ0v) is 13.2. The Morgan fingerprint density at radius 2 is 2.10 bits per heavy atom. The maximum Gasteiger partial charge on any atom is 0.314 e. The average molecular weight is 300 g/mol. The number of ether oxygens (including phenoxy) is 2. The lowest BCUT2D eigenvalue weighted by molar-refractivity contribution is -0.152. The molecule has 0 aliphatic heterocycles. The van der Waals surface area contributed by atoms with E-state index in [4.69, 9.17) is 21.1 Å². The molecule has 5 heteroatoms. The molecule has 112 valence electrons. The van der Waals surface area contributed by atoms with Crippen LogP contribution in [-0.4, -0.2) is 26.2 Å². The lowest BCUT2D eigenvalue weighted by Crippen LogP contribution is -2.32. The van der Waals surface area contributed by atoms with Gasteiger partial charge < -0.3 is 14.8 Å². The van der Waals surface area contributed by atoms with Crippen LogP contribution >= 0.6 is 11.6 Å². The van der Waals surface area contributed by atoms with E-state index in [1.807, 2.05) is 19.1 Å². The first-order valence-corrected chi connectivity index (χ1v) is 6.99. The molecule has 0 spiro atoms. The molecule has 4 nitrogen and oxygen atoms in total. The van der Waals surface area contributed by atoms with E-state index in [0.717, 1.165) is 17.9 Å². The summed E-state index contributed by atoms with van der Waals surface area (Å²) in [6.45, 7) is 7.40. The summed E-state index contributed by atoms with van der Waals surface area (Å²) in [6.07, 6.45) is 0. The van der Waals surface area contributed by atoms with E-state index in [1.165, 1.54) is 7.11 Å². The van der Waals surface area contributed by atoms with E-state index in [9.17, 15) is 4.79 Å². The molecule has 0 atom stereocenters. The summed E-state index contributed by atoms with van der Waals surface area (Å²) in [5.41, 5.74) is 0.282. The van der Waals surface area contributed by atoms with Crippen molar-refractivity contribution in [2.24, 2.45) is 5.41 Å². The summed E-state index contributed by atoms with van der Waals surface area (Å²) in [5.74, 6) is 0.437. The maximum absolute atomic E-state index is 11.6. The van der Waals surface area contributed by atoms with Crippen molar-refractivity contribution >= 4 is 17.6 Å². The van der Waals surface area contributed by atoms with Crippen LogP contribution in [0.1, 0.15) is 26.3 Å². The zero-order chi connectivity index (χ0) is 15.2. The monoisotopic (exact) mass is 299 g/mol. The molecule has 0 aromatic heterocycles. The van der Waals surface area contributed by atoms with Gasteiger partial charge in [0, 0.05) is 17.1 Å². The molecule has 1 N–H and O–H groups in total. The number of carbonyl (C=O) groups excluding carboxylic acids is 1. The standard InChI is InChI=1S/C15H22ClNO3/c1-5-17-9-11-8-12(16)6-7-13(11)20-10-15(2,3)14(18)19-4/h6-8,17H,5,9-10H2,1-4H3. The molecule has 1 aromatic carbocycles. The third kappa shape index (κ3) is 4.69. The van der Waals surface area contributed by atoms with Gasteiger partial charge in [-0.3, -0.25) is 4.79 Å². The second kappa shape index (κ2) is 7.50. The van der Waals surface area contributed by atoms with Gasteiger partial charge in [0.25, 0.3) is 0 Å². The van der Waals surface area contributed by atoms with Gasteiger partial charge in [-0.2, -0.15) is 0 Å². The van der Waals surface area contributed by atoms with Crippen LogP contribution in [0.5, 0.6) is 5.75 Å². The molecule has 0 saturated heterocycles. The minimum absolute atomic E-state index is 0.250. The fourth-order valence-corrected chi connectivity index (χ4v) is 1.87. The van der Waals surface area contributed by atoms with Crippen LogP contribution in [0.4, 0.5) is 0 Å². The summed E-state index contributed by atoms with van der Waals surface area (Å²) < 4.78 is 10.5.